The number of pyridine rings is 1. The molecule has 8 heteroatoms. The van der Waals surface area contributed by atoms with Crippen LogP contribution in [0.3, 0.4) is 0 Å². The number of rotatable bonds is 8. The number of nitrogens with one attached hydrogen (secondary N) is 2. The van der Waals surface area contributed by atoms with Gasteiger partial charge in [-0.25, -0.2) is 9.98 Å². The third-order valence-electron chi connectivity index (χ3n) is 4.05. The van der Waals surface area contributed by atoms with Crippen molar-refractivity contribution in [2.24, 2.45) is 4.99 Å². The first-order chi connectivity index (χ1) is 14.2. The summed E-state index contributed by atoms with van der Waals surface area (Å²) >= 11 is 1.79. The summed E-state index contributed by atoms with van der Waals surface area (Å²) in [5, 5.41) is 6.64. The summed E-state index contributed by atoms with van der Waals surface area (Å²) in [5.74, 6) is 2.75. The number of halogens is 1. The zero-order valence-corrected chi connectivity index (χ0v) is 20.5. The highest BCUT2D eigenvalue weighted by Crippen LogP contribution is 2.23. The van der Waals surface area contributed by atoms with Crippen LogP contribution in [-0.4, -0.2) is 24.6 Å². The molecule has 3 aromatic rings. The Morgan fingerprint density at radius 3 is 2.60 bits per heavy atom. The number of aliphatic imine (C=N–C) groups is 1. The number of benzene rings is 1. The summed E-state index contributed by atoms with van der Waals surface area (Å²) in [5.41, 5.74) is 1.01. The fourth-order valence-corrected chi connectivity index (χ4v) is 3.44. The van der Waals surface area contributed by atoms with Crippen molar-refractivity contribution in [3.8, 4) is 17.4 Å². The predicted octanol–water partition coefficient (Wildman–Crippen LogP) is 5.13. The second-order valence-electron chi connectivity index (χ2n) is 6.35. The lowest BCUT2D eigenvalue weighted by Gasteiger charge is -2.10. The van der Waals surface area contributed by atoms with Crippen molar-refractivity contribution >= 4 is 41.3 Å². The van der Waals surface area contributed by atoms with Crippen LogP contribution in [0.5, 0.6) is 17.4 Å². The maximum atomic E-state index is 5.78. The summed E-state index contributed by atoms with van der Waals surface area (Å²) in [7, 11) is 1.63. The molecule has 0 aliphatic heterocycles. The van der Waals surface area contributed by atoms with Crippen LogP contribution in [0, 0.1) is 6.92 Å². The zero-order valence-electron chi connectivity index (χ0n) is 17.3. The Labute approximate surface area is 198 Å². The molecule has 6 nitrogen and oxygen atoms in total. The highest BCUT2D eigenvalue weighted by Gasteiger charge is 2.03. The monoisotopic (exact) mass is 538 g/mol. The van der Waals surface area contributed by atoms with E-state index in [-0.39, 0.29) is 24.0 Å². The molecule has 0 fully saturated rings. The van der Waals surface area contributed by atoms with E-state index in [1.807, 2.05) is 36.4 Å². The Morgan fingerprint density at radius 1 is 1.10 bits per heavy atom. The second kappa shape index (κ2) is 12.4. The van der Waals surface area contributed by atoms with Gasteiger partial charge in [0.15, 0.2) is 5.96 Å². The minimum absolute atomic E-state index is 0. The van der Waals surface area contributed by atoms with Crippen LogP contribution < -0.4 is 20.1 Å². The van der Waals surface area contributed by atoms with E-state index < -0.39 is 0 Å². The van der Waals surface area contributed by atoms with Gasteiger partial charge in [0.2, 0.25) is 5.88 Å². The van der Waals surface area contributed by atoms with Crippen molar-refractivity contribution in [2.75, 3.05) is 13.7 Å². The molecule has 0 aliphatic carbocycles. The first kappa shape index (κ1) is 23.9. The molecule has 0 radical (unpaired) electrons. The standard InChI is InChI=1S/C22H26N4O2S.HI/c1-4-23-22(26-15-20-10-8-16(2)29-20)25-14-17-9-11-21(24-13-17)28-19-7-5-6-18(12-19)27-3;/h5-13H,4,14-15H2,1-3H3,(H2,23,25,26);1H. The lowest BCUT2D eigenvalue weighted by atomic mass is 10.3. The molecular formula is C22H27IN4O2S. The van der Waals surface area contributed by atoms with E-state index in [1.54, 1.807) is 24.6 Å². The summed E-state index contributed by atoms with van der Waals surface area (Å²) in [6.07, 6.45) is 1.78. The highest BCUT2D eigenvalue weighted by molar-refractivity contribution is 14.0. The number of nitrogens with zero attached hydrogens (tertiary/aromatic N) is 2. The SMILES string of the molecule is CCNC(=NCc1ccc(Oc2cccc(OC)c2)nc1)NCc1ccc(C)s1.I. The van der Waals surface area contributed by atoms with E-state index in [4.69, 9.17) is 9.47 Å². The number of hydrogen-bond donors (Lipinski definition) is 2. The average molecular weight is 538 g/mol. The normalized spacial score (nSPS) is 10.8. The Morgan fingerprint density at radius 2 is 1.93 bits per heavy atom. The zero-order chi connectivity index (χ0) is 20.5. The average Bonchev–Trinajstić information content (AvgIpc) is 3.16. The van der Waals surface area contributed by atoms with Crippen LogP contribution in [0.25, 0.3) is 0 Å². The fourth-order valence-electron chi connectivity index (χ4n) is 2.61. The molecule has 0 saturated heterocycles. The van der Waals surface area contributed by atoms with Crippen molar-refractivity contribution in [1.29, 1.82) is 0 Å². The van der Waals surface area contributed by atoms with Crippen LogP contribution in [0.15, 0.2) is 59.7 Å². The first-order valence-electron chi connectivity index (χ1n) is 9.50. The number of guanidine groups is 1. The molecule has 0 bridgehead atoms. The molecule has 2 heterocycles. The van der Waals surface area contributed by atoms with Gasteiger partial charge in [0.25, 0.3) is 0 Å². The Bertz CT molecular complexity index is 944. The Hall–Kier alpha value is -2.33. The fraction of sp³-hybridized carbons (Fsp3) is 0.273. The summed E-state index contributed by atoms with van der Waals surface area (Å²) in [4.78, 5) is 11.6. The van der Waals surface area contributed by atoms with E-state index in [1.165, 1.54) is 9.75 Å². The van der Waals surface area contributed by atoms with Crippen molar-refractivity contribution in [3.63, 3.8) is 0 Å². The minimum Gasteiger partial charge on any atom is -0.497 e. The van der Waals surface area contributed by atoms with Crippen molar-refractivity contribution in [3.05, 3.63) is 70.0 Å². The molecule has 160 valence electrons. The molecule has 2 N–H and O–H groups in total. The molecule has 0 spiro atoms. The van der Waals surface area contributed by atoms with Gasteiger partial charge in [0.05, 0.1) is 20.2 Å². The predicted molar refractivity (Wildman–Crippen MR) is 133 cm³/mol. The summed E-state index contributed by atoms with van der Waals surface area (Å²) in [6.45, 7) is 6.27. The second-order valence-corrected chi connectivity index (χ2v) is 7.72. The van der Waals surface area contributed by atoms with Crippen molar-refractivity contribution in [1.82, 2.24) is 15.6 Å². The maximum absolute atomic E-state index is 5.78. The summed E-state index contributed by atoms with van der Waals surface area (Å²) in [6, 6.07) is 15.5. The van der Waals surface area contributed by atoms with Gasteiger partial charge >= 0.3 is 0 Å². The Balaban J connectivity index is 0.00000320. The van der Waals surface area contributed by atoms with Gasteiger partial charge in [0, 0.05) is 34.6 Å². The third kappa shape index (κ3) is 7.49. The number of hydrogen-bond acceptors (Lipinski definition) is 5. The molecular weight excluding hydrogens is 511 g/mol. The van der Waals surface area contributed by atoms with Crippen LogP contribution in [-0.2, 0) is 13.1 Å². The number of ether oxygens (including phenoxy) is 2. The van der Waals surface area contributed by atoms with Gasteiger partial charge in [-0.15, -0.1) is 35.3 Å². The molecule has 3 rings (SSSR count). The number of aromatic nitrogens is 1. The van der Waals surface area contributed by atoms with E-state index in [9.17, 15) is 0 Å². The molecule has 0 atom stereocenters. The third-order valence-corrected chi connectivity index (χ3v) is 5.05. The molecule has 0 unspecified atom stereocenters. The largest absolute Gasteiger partial charge is 0.497 e. The molecule has 0 saturated carbocycles. The molecule has 0 amide bonds. The topological polar surface area (TPSA) is 67.8 Å². The molecule has 30 heavy (non-hydrogen) atoms. The van der Waals surface area contributed by atoms with Crippen LogP contribution >= 0.6 is 35.3 Å². The van der Waals surface area contributed by atoms with Crippen molar-refractivity contribution in [2.45, 2.75) is 26.9 Å². The van der Waals surface area contributed by atoms with Crippen molar-refractivity contribution < 1.29 is 9.47 Å². The van der Waals surface area contributed by atoms with Gasteiger partial charge in [-0.05, 0) is 43.7 Å². The van der Waals surface area contributed by atoms with E-state index >= 15 is 0 Å². The van der Waals surface area contributed by atoms with Gasteiger partial charge in [-0.2, -0.15) is 0 Å². The van der Waals surface area contributed by atoms with Gasteiger partial charge in [-0.1, -0.05) is 12.1 Å². The molecule has 1 aromatic carbocycles. The molecule has 0 aliphatic rings. The lowest BCUT2D eigenvalue weighted by molar-refractivity contribution is 0.407. The van der Waals surface area contributed by atoms with E-state index in [0.29, 0.717) is 18.2 Å². The van der Waals surface area contributed by atoms with Gasteiger partial charge in [-0.3, -0.25) is 0 Å². The maximum Gasteiger partial charge on any atom is 0.219 e. The van der Waals surface area contributed by atoms with Gasteiger partial charge < -0.3 is 20.1 Å². The quantitative estimate of drug-likeness (QED) is 0.237. The smallest absolute Gasteiger partial charge is 0.219 e. The Kier molecular flexibility index (Phi) is 9.88. The van der Waals surface area contributed by atoms with Crippen LogP contribution in [0.4, 0.5) is 0 Å². The lowest BCUT2D eigenvalue weighted by Crippen LogP contribution is -2.36. The first-order valence-corrected chi connectivity index (χ1v) is 10.3. The summed E-state index contributed by atoms with van der Waals surface area (Å²) < 4.78 is 11.0. The number of methoxy groups -OCH3 is 1. The van der Waals surface area contributed by atoms with E-state index in [2.05, 4.69) is 46.6 Å². The van der Waals surface area contributed by atoms with Gasteiger partial charge in [0.1, 0.15) is 11.5 Å². The molecule has 2 aromatic heterocycles. The highest BCUT2D eigenvalue weighted by atomic mass is 127. The van der Waals surface area contributed by atoms with E-state index in [0.717, 1.165) is 30.4 Å². The van der Waals surface area contributed by atoms with Crippen LogP contribution in [0.1, 0.15) is 22.2 Å². The number of aryl methyl sites for hydroxylation is 1. The minimum atomic E-state index is 0. The number of thiophene rings is 1. The van der Waals surface area contributed by atoms with Crippen LogP contribution in [0.2, 0.25) is 0 Å².